The third-order valence-corrected chi connectivity index (χ3v) is 3.22. The van der Waals surface area contributed by atoms with Gasteiger partial charge >= 0.3 is 10.4 Å². The lowest BCUT2D eigenvalue weighted by Gasteiger charge is -1.96. The number of guanidine groups is 2. The molecule has 0 radical (unpaired) electrons. The average Bonchev–Trinajstić information content (AvgIpc) is 2.60. The Kier molecular flexibility index (Phi) is 12.4. The van der Waals surface area contributed by atoms with Crippen molar-refractivity contribution in [2.75, 3.05) is 0 Å². The van der Waals surface area contributed by atoms with Crippen LogP contribution in [0.2, 0.25) is 10.0 Å². The SMILES string of the molecule is NC(N)=NCc1ccc(Cl)cc1.NC(N)=NCc1ccc(Cl)cc1.O=S(=O)(O)O. The Labute approximate surface area is 178 Å². The number of nitrogens with two attached hydrogens (primary N) is 4. The number of halogens is 2. The fraction of sp³-hybridized carbons (Fsp3) is 0.125. The molecule has 0 bridgehead atoms. The van der Waals surface area contributed by atoms with Crippen LogP contribution in [0.4, 0.5) is 0 Å². The van der Waals surface area contributed by atoms with Crippen molar-refractivity contribution >= 4 is 45.5 Å². The molecule has 0 spiro atoms. The minimum Gasteiger partial charge on any atom is -0.370 e. The molecule has 0 aliphatic rings. The maximum absolute atomic E-state index is 8.74. The second-order valence-corrected chi connectivity index (χ2v) is 6.95. The molecule has 2 aromatic rings. The van der Waals surface area contributed by atoms with Gasteiger partial charge in [-0.2, -0.15) is 8.42 Å². The number of rotatable bonds is 4. The summed E-state index contributed by atoms with van der Waals surface area (Å²) in [6, 6.07) is 14.8. The summed E-state index contributed by atoms with van der Waals surface area (Å²) in [5, 5.41) is 1.42. The van der Waals surface area contributed by atoms with Crippen molar-refractivity contribution in [2.24, 2.45) is 32.9 Å². The van der Waals surface area contributed by atoms with Gasteiger partial charge in [-0.25, -0.2) is 9.98 Å². The van der Waals surface area contributed by atoms with Crippen molar-refractivity contribution in [3.8, 4) is 0 Å². The Bertz CT molecular complexity index is 827. The molecule has 0 saturated carbocycles. The van der Waals surface area contributed by atoms with Gasteiger partial charge in [-0.15, -0.1) is 0 Å². The standard InChI is InChI=1S/2C8H10ClN3.H2O4S/c2*9-7-3-1-6(2-4-7)5-12-8(10)11;1-5(2,3)4/h2*1-4H,5H2,(H4,10,11,12);(H2,1,2,3,4). The van der Waals surface area contributed by atoms with Gasteiger partial charge in [-0.3, -0.25) is 9.11 Å². The molecular formula is C16H22Cl2N6O4S. The zero-order chi connectivity index (χ0) is 22.4. The van der Waals surface area contributed by atoms with Crippen molar-refractivity contribution < 1.29 is 17.5 Å². The van der Waals surface area contributed by atoms with Crippen LogP contribution in [0.3, 0.4) is 0 Å². The molecule has 160 valence electrons. The van der Waals surface area contributed by atoms with E-state index in [9.17, 15) is 0 Å². The Morgan fingerprint density at radius 3 is 1.17 bits per heavy atom. The number of nitrogens with zero attached hydrogens (tertiary/aromatic N) is 2. The highest BCUT2D eigenvalue weighted by atomic mass is 35.5. The van der Waals surface area contributed by atoms with Crippen LogP contribution in [0.15, 0.2) is 58.5 Å². The topological polar surface area (TPSA) is 203 Å². The van der Waals surface area contributed by atoms with E-state index in [1.807, 2.05) is 24.3 Å². The molecule has 0 aromatic heterocycles. The largest absolute Gasteiger partial charge is 0.394 e. The highest BCUT2D eigenvalue weighted by Gasteiger charge is 1.91. The van der Waals surface area contributed by atoms with Gasteiger partial charge in [0.25, 0.3) is 0 Å². The number of aliphatic imine (C=N–C) groups is 2. The fourth-order valence-corrected chi connectivity index (χ4v) is 1.80. The van der Waals surface area contributed by atoms with Gasteiger partial charge in [0.05, 0.1) is 13.1 Å². The highest BCUT2D eigenvalue weighted by molar-refractivity contribution is 7.79. The van der Waals surface area contributed by atoms with Gasteiger partial charge < -0.3 is 22.9 Å². The van der Waals surface area contributed by atoms with E-state index in [4.69, 9.17) is 63.7 Å². The van der Waals surface area contributed by atoms with Gasteiger partial charge in [0.15, 0.2) is 11.9 Å². The molecule has 2 rings (SSSR count). The van der Waals surface area contributed by atoms with Crippen molar-refractivity contribution in [1.29, 1.82) is 0 Å². The monoisotopic (exact) mass is 464 g/mol. The van der Waals surface area contributed by atoms with Crippen molar-refractivity contribution in [1.82, 2.24) is 0 Å². The van der Waals surface area contributed by atoms with Gasteiger partial charge in [0.2, 0.25) is 0 Å². The summed E-state index contributed by atoms with van der Waals surface area (Å²) in [5.41, 5.74) is 22.8. The third-order valence-electron chi connectivity index (χ3n) is 2.71. The molecule has 0 saturated heterocycles. The van der Waals surface area contributed by atoms with Crippen LogP contribution in [0.25, 0.3) is 0 Å². The first kappa shape index (κ1) is 26.4. The van der Waals surface area contributed by atoms with Gasteiger partial charge in [-0.05, 0) is 35.4 Å². The molecule has 2 aromatic carbocycles. The zero-order valence-electron chi connectivity index (χ0n) is 15.1. The highest BCUT2D eigenvalue weighted by Crippen LogP contribution is 2.10. The van der Waals surface area contributed by atoms with Crippen LogP contribution < -0.4 is 22.9 Å². The first-order chi connectivity index (χ1) is 13.4. The summed E-state index contributed by atoms with van der Waals surface area (Å²) in [6.07, 6.45) is 0. The lowest BCUT2D eigenvalue weighted by molar-refractivity contribution is 0.381. The molecular weight excluding hydrogens is 443 g/mol. The smallest absolute Gasteiger partial charge is 0.370 e. The van der Waals surface area contributed by atoms with E-state index in [-0.39, 0.29) is 11.9 Å². The van der Waals surface area contributed by atoms with E-state index in [1.54, 1.807) is 24.3 Å². The summed E-state index contributed by atoms with van der Waals surface area (Å²) in [7, 11) is -4.67. The van der Waals surface area contributed by atoms with Crippen LogP contribution in [0.5, 0.6) is 0 Å². The van der Waals surface area contributed by atoms with Crippen molar-refractivity contribution in [2.45, 2.75) is 13.1 Å². The summed E-state index contributed by atoms with van der Waals surface area (Å²) < 4.78 is 31.6. The molecule has 13 heteroatoms. The second-order valence-electron chi connectivity index (χ2n) is 5.18. The molecule has 0 fully saturated rings. The first-order valence-electron chi connectivity index (χ1n) is 7.66. The van der Waals surface area contributed by atoms with Gasteiger partial charge in [-0.1, -0.05) is 47.5 Å². The third kappa shape index (κ3) is 18.6. The molecule has 0 amide bonds. The first-order valence-corrected chi connectivity index (χ1v) is 9.81. The predicted octanol–water partition coefficient (Wildman–Crippen LogP) is 1.57. The number of benzene rings is 2. The van der Waals surface area contributed by atoms with Gasteiger partial charge in [0, 0.05) is 10.0 Å². The summed E-state index contributed by atoms with van der Waals surface area (Å²) in [6.45, 7) is 0.999. The maximum atomic E-state index is 8.74. The molecule has 10 nitrogen and oxygen atoms in total. The zero-order valence-corrected chi connectivity index (χ0v) is 17.4. The summed E-state index contributed by atoms with van der Waals surface area (Å²) in [5.74, 6) is 0.204. The number of hydrogen-bond donors (Lipinski definition) is 6. The minimum atomic E-state index is -4.67. The van der Waals surface area contributed by atoms with Crippen LogP contribution in [-0.4, -0.2) is 29.4 Å². The Morgan fingerprint density at radius 1 is 0.724 bits per heavy atom. The van der Waals surface area contributed by atoms with E-state index in [0.717, 1.165) is 11.1 Å². The van der Waals surface area contributed by atoms with E-state index in [2.05, 4.69) is 9.98 Å². The maximum Gasteiger partial charge on any atom is 0.394 e. The van der Waals surface area contributed by atoms with Crippen LogP contribution >= 0.6 is 23.2 Å². The summed E-state index contributed by atoms with van der Waals surface area (Å²) >= 11 is 11.4. The Hall–Kier alpha value is -2.57. The predicted molar refractivity (Wildman–Crippen MR) is 116 cm³/mol. The number of hydrogen-bond acceptors (Lipinski definition) is 4. The van der Waals surface area contributed by atoms with Gasteiger partial charge in [0.1, 0.15) is 0 Å². The van der Waals surface area contributed by atoms with E-state index in [0.29, 0.717) is 23.1 Å². The average molecular weight is 465 g/mol. The molecule has 0 aliphatic carbocycles. The molecule has 0 atom stereocenters. The van der Waals surface area contributed by atoms with Crippen LogP contribution in [-0.2, 0) is 23.5 Å². The van der Waals surface area contributed by atoms with Crippen molar-refractivity contribution in [3.63, 3.8) is 0 Å². The molecule has 29 heavy (non-hydrogen) atoms. The van der Waals surface area contributed by atoms with E-state index < -0.39 is 10.4 Å². The van der Waals surface area contributed by atoms with E-state index in [1.165, 1.54) is 0 Å². The Morgan fingerprint density at radius 2 is 0.966 bits per heavy atom. The normalized spacial score (nSPS) is 9.79. The van der Waals surface area contributed by atoms with Crippen molar-refractivity contribution in [3.05, 3.63) is 69.7 Å². The molecule has 10 N–H and O–H groups in total. The molecule has 0 heterocycles. The van der Waals surface area contributed by atoms with Crippen LogP contribution in [0.1, 0.15) is 11.1 Å². The van der Waals surface area contributed by atoms with E-state index >= 15 is 0 Å². The Balaban J connectivity index is 0.000000442. The summed E-state index contributed by atoms with van der Waals surface area (Å²) in [4.78, 5) is 7.71. The fourth-order valence-electron chi connectivity index (χ4n) is 1.54. The molecule has 0 aliphatic heterocycles. The second kappa shape index (κ2) is 13.6. The quantitative estimate of drug-likeness (QED) is 0.222. The molecule has 0 unspecified atom stereocenters. The minimum absolute atomic E-state index is 0.102. The lowest BCUT2D eigenvalue weighted by atomic mass is 10.2. The lowest BCUT2D eigenvalue weighted by Crippen LogP contribution is -2.22. The van der Waals surface area contributed by atoms with Crippen LogP contribution in [0, 0.1) is 0 Å².